The third-order valence-corrected chi connectivity index (χ3v) is 4.02. The van der Waals surface area contributed by atoms with Crippen molar-refractivity contribution < 1.29 is 18.7 Å². The van der Waals surface area contributed by atoms with Gasteiger partial charge in [0.15, 0.2) is 0 Å². The molecule has 112 valence electrons. The van der Waals surface area contributed by atoms with Gasteiger partial charge in [-0.1, -0.05) is 6.92 Å². The summed E-state index contributed by atoms with van der Waals surface area (Å²) < 4.78 is 26.6. The Morgan fingerprint density at radius 2 is 2.15 bits per heavy atom. The van der Waals surface area contributed by atoms with Crippen molar-refractivity contribution in [1.82, 2.24) is 9.88 Å². The van der Waals surface area contributed by atoms with Crippen LogP contribution in [0.3, 0.4) is 0 Å². The Hall–Kier alpha value is -1.43. The van der Waals surface area contributed by atoms with E-state index in [2.05, 4.69) is 5.32 Å². The second-order valence-electron chi connectivity index (χ2n) is 5.38. The zero-order chi connectivity index (χ0) is 14.9. The van der Waals surface area contributed by atoms with Gasteiger partial charge in [0.1, 0.15) is 5.69 Å². The van der Waals surface area contributed by atoms with Crippen molar-refractivity contribution in [3.63, 3.8) is 0 Å². The van der Waals surface area contributed by atoms with Crippen LogP contribution < -0.4 is 5.32 Å². The number of aliphatic hydroxyl groups excluding tert-OH is 1. The summed E-state index contributed by atoms with van der Waals surface area (Å²) in [6.07, 6.45) is 1.75. The van der Waals surface area contributed by atoms with E-state index in [0.717, 1.165) is 11.0 Å². The van der Waals surface area contributed by atoms with Crippen molar-refractivity contribution in [2.75, 3.05) is 0 Å². The van der Waals surface area contributed by atoms with E-state index >= 15 is 0 Å². The van der Waals surface area contributed by atoms with Crippen molar-refractivity contribution in [3.8, 4) is 0 Å². The number of halogens is 2. The molecule has 0 aromatic carbocycles. The molecular weight excluding hydrogens is 266 g/mol. The lowest BCUT2D eigenvalue weighted by molar-refractivity contribution is 0.0227. The number of amides is 1. The van der Waals surface area contributed by atoms with E-state index in [1.54, 1.807) is 6.92 Å². The second kappa shape index (κ2) is 5.91. The van der Waals surface area contributed by atoms with E-state index in [-0.39, 0.29) is 23.8 Å². The van der Waals surface area contributed by atoms with Crippen molar-refractivity contribution in [1.29, 1.82) is 0 Å². The molecular formula is C14H20F2N2O2. The van der Waals surface area contributed by atoms with Crippen LogP contribution >= 0.6 is 0 Å². The van der Waals surface area contributed by atoms with Gasteiger partial charge in [0.2, 0.25) is 0 Å². The first-order valence-electron chi connectivity index (χ1n) is 6.89. The van der Waals surface area contributed by atoms with Crippen LogP contribution in [0.25, 0.3) is 0 Å². The molecule has 1 aromatic heterocycles. The van der Waals surface area contributed by atoms with Crippen LogP contribution in [-0.2, 0) is 0 Å². The Labute approximate surface area is 116 Å². The minimum atomic E-state index is -2.73. The Morgan fingerprint density at radius 3 is 2.65 bits per heavy atom. The molecule has 6 heteroatoms. The first kappa shape index (κ1) is 15.0. The minimum absolute atomic E-state index is 0.0178. The van der Waals surface area contributed by atoms with Crippen LogP contribution in [0.4, 0.5) is 8.78 Å². The Kier molecular flexibility index (Phi) is 4.42. The summed E-state index contributed by atoms with van der Waals surface area (Å²) in [6.45, 7) is 0.756. The third-order valence-electron chi connectivity index (χ3n) is 4.02. The molecule has 0 spiro atoms. The number of nitrogens with one attached hydrogen (secondary N) is 1. The molecule has 0 unspecified atom stereocenters. The molecule has 0 radical (unpaired) electrons. The van der Waals surface area contributed by atoms with Crippen LogP contribution in [0, 0.1) is 12.8 Å². The molecule has 2 N–H and O–H groups in total. The summed E-state index contributed by atoms with van der Waals surface area (Å²) in [5.41, 5.74) is 0.341. The molecule has 20 heavy (non-hydrogen) atoms. The molecule has 4 nitrogen and oxygen atoms in total. The zero-order valence-electron chi connectivity index (χ0n) is 11.6. The van der Waals surface area contributed by atoms with Crippen molar-refractivity contribution in [2.24, 2.45) is 5.92 Å². The van der Waals surface area contributed by atoms with Crippen molar-refractivity contribution in [3.05, 3.63) is 23.5 Å². The second-order valence-corrected chi connectivity index (χ2v) is 5.38. The lowest BCUT2D eigenvalue weighted by Crippen LogP contribution is -2.47. The monoisotopic (exact) mass is 286 g/mol. The fourth-order valence-electron chi connectivity index (χ4n) is 2.75. The predicted octanol–water partition coefficient (Wildman–Crippen LogP) is 2.47. The SMILES string of the molecule is CC[C@H](NC(=O)c1ccc(C)n1C(F)F)C1CC(O)C1. The van der Waals surface area contributed by atoms with E-state index in [9.17, 15) is 18.7 Å². The van der Waals surface area contributed by atoms with Crippen LogP contribution in [0.5, 0.6) is 0 Å². The highest BCUT2D eigenvalue weighted by atomic mass is 19.3. The van der Waals surface area contributed by atoms with Gasteiger partial charge >= 0.3 is 6.55 Å². The van der Waals surface area contributed by atoms with E-state index in [1.807, 2.05) is 6.92 Å². The first-order valence-corrected chi connectivity index (χ1v) is 6.89. The van der Waals surface area contributed by atoms with Gasteiger partial charge in [-0.05, 0) is 44.2 Å². The maximum atomic E-state index is 12.9. The molecule has 1 amide bonds. The average Bonchev–Trinajstić information content (AvgIpc) is 2.74. The average molecular weight is 286 g/mol. The third kappa shape index (κ3) is 2.85. The number of rotatable bonds is 5. The number of alkyl halides is 2. The van der Waals surface area contributed by atoms with Gasteiger partial charge < -0.3 is 10.4 Å². The lowest BCUT2D eigenvalue weighted by Gasteiger charge is -2.37. The highest BCUT2D eigenvalue weighted by molar-refractivity contribution is 5.93. The van der Waals surface area contributed by atoms with Gasteiger partial charge in [-0.25, -0.2) is 0 Å². The van der Waals surface area contributed by atoms with E-state index < -0.39 is 12.5 Å². The van der Waals surface area contributed by atoms with Crippen molar-refractivity contribution in [2.45, 2.75) is 51.8 Å². The highest BCUT2D eigenvalue weighted by Crippen LogP contribution is 2.31. The normalized spacial score (nSPS) is 23.5. The molecule has 1 saturated carbocycles. The maximum Gasteiger partial charge on any atom is 0.319 e. The van der Waals surface area contributed by atoms with Gasteiger partial charge in [-0.2, -0.15) is 8.78 Å². The van der Waals surface area contributed by atoms with Gasteiger partial charge in [-0.3, -0.25) is 9.36 Å². The summed E-state index contributed by atoms with van der Waals surface area (Å²) in [5.74, 6) is -0.248. The number of hydrogen-bond acceptors (Lipinski definition) is 2. The summed E-state index contributed by atoms with van der Waals surface area (Å²) >= 11 is 0. The molecule has 1 aliphatic rings. The van der Waals surface area contributed by atoms with Crippen LogP contribution in [0.1, 0.15) is 48.9 Å². The number of aromatic nitrogens is 1. The topological polar surface area (TPSA) is 54.3 Å². The minimum Gasteiger partial charge on any atom is -0.393 e. The molecule has 1 fully saturated rings. The molecule has 2 rings (SSSR count). The fourth-order valence-corrected chi connectivity index (χ4v) is 2.75. The van der Waals surface area contributed by atoms with Crippen LogP contribution in [0.15, 0.2) is 12.1 Å². The largest absolute Gasteiger partial charge is 0.393 e. The number of aliphatic hydroxyl groups is 1. The molecule has 1 atom stereocenters. The standard InChI is InChI=1S/C14H20F2N2O2/c1-3-11(9-6-10(19)7-9)17-13(20)12-5-4-8(2)18(12)14(15)16/h4-5,9-11,14,19H,3,6-7H2,1-2H3,(H,17,20)/t9?,10?,11-/m0/s1. The van der Waals surface area contributed by atoms with Crippen molar-refractivity contribution >= 4 is 5.91 Å². The number of hydrogen-bond donors (Lipinski definition) is 2. The Bertz CT molecular complexity index is 482. The molecule has 1 aromatic rings. The van der Waals surface area contributed by atoms with Crippen LogP contribution in [0.2, 0.25) is 0 Å². The highest BCUT2D eigenvalue weighted by Gasteiger charge is 2.34. The summed E-state index contributed by atoms with van der Waals surface area (Å²) in [7, 11) is 0. The molecule has 1 heterocycles. The molecule has 0 saturated heterocycles. The smallest absolute Gasteiger partial charge is 0.319 e. The predicted molar refractivity (Wildman–Crippen MR) is 70.7 cm³/mol. The Balaban J connectivity index is 2.07. The van der Waals surface area contributed by atoms with Gasteiger partial charge in [0.05, 0.1) is 6.10 Å². The lowest BCUT2D eigenvalue weighted by atomic mass is 9.76. The summed E-state index contributed by atoms with van der Waals surface area (Å²) in [6, 6.07) is 2.85. The van der Waals surface area contributed by atoms with E-state index in [4.69, 9.17) is 0 Å². The first-order chi connectivity index (χ1) is 9.43. The maximum absolute atomic E-state index is 12.9. The number of nitrogens with zero attached hydrogens (tertiary/aromatic N) is 1. The van der Waals surface area contributed by atoms with E-state index in [1.165, 1.54) is 12.1 Å². The number of carbonyl (C=O) groups excluding carboxylic acids is 1. The Morgan fingerprint density at radius 1 is 1.50 bits per heavy atom. The summed E-state index contributed by atoms with van der Waals surface area (Å²) in [4.78, 5) is 12.2. The van der Waals surface area contributed by atoms with Gasteiger partial charge in [0, 0.05) is 11.7 Å². The van der Waals surface area contributed by atoms with Gasteiger partial charge in [-0.15, -0.1) is 0 Å². The molecule has 0 aliphatic heterocycles. The fraction of sp³-hybridized carbons (Fsp3) is 0.643. The van der Waals surface area contributed by atoms with Gasteiger partial charge in [0.25, 0.3) is 5.91 Å². The molecule has 0 bridgehead atoms. The zero-order valence-corrected chi connectivity index (χ0v) is 11.6. The van der Waals surface area contributed by atoms with Crippen LogP contribution in [-0.4, -0.2) is 27.7 Å². The summed E-state index contributed by atoms with van der Waals surface area (Å²) in [5, 5.41) is 12.1. The number of carbonyl (C=O) groups is 1. The number of aryl methyl sites for hydroxylation is 1. The van der Waals surface area contributed by atoms with E-state index in [0.29, 0.717) is 18.5 Å². The molecule has 1 aliphatic carbocycles. The quantitative estimate of drug-likeness (QED) is 0.873.